The molecule has 0 unspecified atom stereocenters. The van der Waals surface area contributed by atoms with E-state index in [9.17, 15) is 4.79 Å². The molecule has 1 heterocycles. The highest BCUT2D eigenvalue weighted by atomic mass is 16.5. The summed E-state index contributed by atoms with van der Waals surface area (Å²) < 4.78 is 5.52. The average Bonchev–Trinajstić information content (AvgIpc) is 2.60. The number of carbonyl (C=O) groups is 1. The van der Waals surface area contributed by atoms with Crippen molar-refractivity contribution in [3.63, 3.8) is 0 Å². The predicted octanol–water partition coefficient (Wildman–Crippen LogP) is 4.14. The van der Waals surface area contributed by atoms with Crippen LogP contribution in [0.25, 0.3) is 0 Å². The van der Waals surface area contributed by atoms with E-state index in [1.807, 2.05) is 56.3 Å². The average molecular weight is 319 g/mol. The molecule has 3 aromatic rings. The first-order valence-electron chi connectivity index (χ1n) is 7.55. The Bertz CT molecular complexity index is 846. The van der Waals surface area contributed by atoms with Gasteiger partial charge in [0.1, 0.15) is 5.75 Å². The van der Waals surface area contributed by atoms with Gasteiger partial charge in [-0.3, -0.25) is 4.79 Å². The lowest BCUT2D eigenvalue weighted by molar-refractivity contribution is 0.102. The summed E-state index contributed by atoms with van der Waals surface area (Å²) in [5, 5.41) is 2.78. The number of hydrogen-bond donors (Lipinski definition) is 1. The van der Waals surface area contributed by atoms with E-state index in [0.717, 1.165) is 11.1 Å². The molecule has 0 fully saturated rings. The fraction of sp³-hybridized carbons (Fsp3) is 0.105. The Labute approximate surface area is 140 Å². The summed E-state index contributed by atoms with van der Waals surface area (Å²) in [7, 11) is 0. The number of benzene rings is 2. The van der Waals surface area contributed by atoms with Gasteiger partial charge in [0.2, 0.25) is 0 Å². The van der Waals surface area contributed by atoms with Crippen LogP contribution in [0.5, 0.6) is 11.8 Å². The number of aryl methyl sites for hydroxylation is 2. The van der Waals surface area contributed by atoms with Crippen LogP contribution in [0.15, 0.2) is 60.9 Å². The quantitative estimate of drug-likeness (QED) is 0.785. The van der Waals surface area contributed by atoms with Crippen molar-refractivity contribution in [2.45, 2.75) is 13.8 Å². The van der Waals surface area contributed by atoms with Crippen molar-refractivity contribution in [2.75, 3.05) is 5.32 Å². The van der Waals surface area contributed by atoms with Crippen LogP contribution in [0.3, 0.4) is 0 Å². The van der Waals surface area contributed by atoms with Gasteiger partial charge in [0.05, 0.1) is 18.1 Å². The van der Waals surface area contributed by atoms with Gasteiger partial charge in [0.15, 0.2) is 0 Å². The molecule has 5 nitrogen and oxygen atoms in total. The van der Waals surface area contributed by atoms with Crippen molar-refractivity contribution in [1.82, 2.24) is 9.97 Å². The molecule has 1 amide bonds. The number of carbonyl (C=O) groups excluding carboxylic acids is 1. The van der Waals surface area contributed by atoms with Gasteiger partial charge < -0.3 is 10.1 Å². The molecule has 0 aliphatic heterocycles. The lowest BCUT2D eigenvalue weighted by Gasteiger charge is -2.07. The van der Waals surface area contributed by atoms with Crippen LogP contribution < -0.4 is 10.1 Å². The summed E-state index contributed by atoms with van der Waals surface area (Å²) in [5.74, 6) is 0.461. The van der Waals surface area contributed by atoms with E-state index in [4.69, 9.17) is 4.74 Å². The van der Waals surface area contributed by atoms with Gasteiger partial charge in [-0.1, -0.05) is 24.3 Å². The first-order valence-corrected chi connectivity index (χ1v) is 7.55. The zero-order valence-corrected chi connectivity index (χ0v) is 13.5. The zero-order chi connectivity index (χ0) is 16.9. The lowest BCUT2D eigenvalue weighted by Crippen LogP contribution is -2.12. The van der Waals surface area contributed by atoms with E-state index in [1.165, 1.54) is 12.4 Å². The number of amides is 1. The highest BCUT2D eigenvalue weighted by Gasteiger charge is 2.08. The SMILES string of the molecule is Cc1ccc(C(=O)Nc2cnc(Oc3ccccc3)nc2)cc1C. The Hall–Kier alpha value is -3.21. The first kappa shape index (κ1) is 15.7. The first-order chi connectivity index (χ1) is 11.6. The number of hydrogen-bond acceptors (Lipinski definition) is 4. The second-order valence-corrected chi connectivity index (χ2v) is 5.42. The fourth-order valence-electron chi connectivity index (χ4n) is 2.11. The number of nitrogens with one attached hydrogen (secondary N) is 1. The van der Waals surface area contributed by atoms with Gasteiger partial charge in [0, 0.05) is 5.56 Å². The smallest absolute Gasteiger partial charge is 0.322 e. The van der Waals surface area contributed by atoms with Gasteiger partial charge in [-0.25, -0.2) is 9.97 Å². The molecule has 0 radical (unpaired) electrons. The predicted molar refractivity (Wildman–Crippen MR) is 92.4 cm³/mol. The molecule has 1 aromatic heterocycles. The minimum atomic E-state index is -0.196. The minimum Gasteiger partial charge on any atom is -0.424 e. The van der Waals surface area contributed by atoms with Gasteiger partial charge in [-0.2, -0.15) is 0 Å². The summed E-state index contributed by atoms with van der Waals surface area (Å²) in [6.07, 6.45) is 3.04. The molecule has 120 valence electrons. The summed E-state index contributed by atoms with van der Waals surface area (Å²) in [4.78, 5) is 20.5. The maximum atomic E-state index is 12.3. The molecule has 0 atom stereocenters. The third kappa shape index (κ3) is 3.76. The lowest BCUT2D eigenvalue weighted by atomic mass is 10.1. The normalized spacial score (nSPS) is 10.2. The second kappa shape index (κ2) is 6.91. The Morgan fingerprint density at radius 3 is 2.33 bits per heavy atom. The number of ether oxygens (including phenoxy) is 1. The fourth-order valence-corrected chi connectivity index (χ4v) is 2.11. The third-order valence-electron chi connectivity index (χ3n) is 3.61. The van der Waals surface area contributed by atoms with Crippen molar-refractivity contribution >= 4 is 11.6 Å². The van der Waals surface area contributed by atoms with Crippen molar-refractivity contribution in [3.05, 3.63) is 77.6 Å². The molecule has 24 heavy (non-hydrogen) atoms. The Kier molecular flexibility index (Phi) is 4.52. The van der Waals surface area contributed by atoms with E-state index >= 15 is 0 Å². The molecule has 0 spiro atoms. The third-order valence-corrected chi connectivity index (χ3v) is 3.61. The highest BCUT2D eigenvalue weighted by molar-refractivity contribution is 6.04. The molecule has 0 bridgehead atoms. The molecule has 3 rings (SSSR count). The number of anilines is 1. The Morgan fingerprint density at radius 2 is 1.67 bits per heavy atom. The van der Waals surface area contributed by atoms with Crippen LogP contribution in [0.1, 0.15) is 21.5 Å². The second-order valence-electron chi connectivity index (χ2n) is 5.42. The molecule has 1 N–H and O–H groups in total. The van der Waals surface area contributed by atoms with Crippen molar-refractivity contribution in [1.29, 1.82) is 0 Å². The molecule has 2 aromatic carbocycles. The van der Waals surface area contributed by atoms with E-state index in [-0.39, 0.29) is 11.9 Å². The summed E-state index contributed by atoms with van der Waals surface area (Å²) in [5.41, 5.74) is 3.34. The van der Waals surface area contributed by atoms with Gasteiger partial charge in [-0.05, 0) is 49.2 Å². The summed E-state index contributed by atoms with van der Waals surface area (Å²) in [6, 6.07) is 15.1. The minimum absolute atomic E-state index is 0.196. The molecule has 5 heteroatoms. The largest absolute Gasteiger partial charge is 0.424 e. The van der Waals surface area contributed by atoms with E-state index in [0.29, 0.717) is 17.0 Å². The molecule has 0 saturated carbocycles. The number of rotatable bonds is 4. The summed E-state index contributed by atoms with van der Waals surface area (Å²) in [6.45, 7) is 3.99. The summed E-state index contributed by atoms with van der Waals surface area (Å²) >= 11 is 0. The van der Waals surface area contributed by atoms with Crippen LogP contribution in [0.4, 0.5) is 5.69 Å². The van der Waals surface area contributed by atoms with E-state index in [2.05, 4.69) is 15.3 Å². The monoisotopic (exact) mass is 319 g/mol. The number of nitrogens with zero attached hydrogens (tertiary/aromatic N) is 2. The van der Waals surface area contributed by atoms with Crippen molar-refractivity contribution < 1.29 is 9.53 Å². The van der Waals surface area contributed by atoms with E-state index in [1.54, 1.807) is 6.07 Å². The Balaban J connectivity index is 1.67. The van der Waals surface area contributed by atoms with Gasteiger partial charge in [-0.15, -0.1) is 0 Å². The van der Waals surface area contributed by atoms with Gasteiger partial charge in [0.25, 0.3) is 5.91 Å². The molecule has 0 aliphatic rings. The Morgan fingerprint density at radius 1 is 0.958 bits per heavy atom. The zero-order valence-electron chi connectivity index (χ0n) is 13.5. The van der Waals surface area contributed by atoms with Crippen molar-refractivity contribution in [2.24, 2.45) is 0 Å². The molecular weight excluding hydrogens is 302 g/mol. The molecular formula is C19H17N3O2. The number of para-hydroxylation sites is 1. The van der Waals surface area contributed by atoms with Crippen LogP contribution >= 0.6 is 0 Å². The van der Waals surface area contributed by atoms with Crippen LogP contribution in [-0.4, -0.2) is 15.9 Å². The van der Waals surface area contributed by atoms with E-state index < -0.39 is 0 Å². The standard InChI is InChI=1S/C19H17N3O2/c1-13-8-9-15(10-14(13)2)18(23)22-16-11-20-19(21-12-16)24-17-6-4-3-5-7-17/h3-12H,1-2H3,(H,22,23). The topological polar surface area (TPSA) is 64.1 Å². The highest BCUT2D eigenvalue weighted by Crippen LogP contribution is 2.18. The van der Waals surface area contributed by atoms with Gasteiger partial charge >= 0.3 is 6.01 Å². The van der Waals surface area contributed by atoms with Crippen LogP contribution in [-0.2, 0) is 0 Å². The maximum absolute atomic E-state index is 12.3. The maximum Gasteiger partial charge on any atom is 0.322 e. The molecule has 0 aliphatic carbocycles. The number of aromatic nitrogens is 2. The van der Waals surface area contributed by atoms with Crippen molar-refractivity contribution in [3.8, 4) is 11.8 Å². The molecule has 0 saturated heterocycles. The van der Waals surface area contributed by atoms with Crippen LogP contribution in [0.2, 0.25) is 0 Å². The van der Waals surface area contributed by atoms with Crippen LogP contribution in [0, 0.1) is 13.8 Å².